The molecule has 0 saturated carbocycles. The van der Waals surface area contributed by atoms with E-state index in [2.05, 4.69) is 36.2 Å². The molecular weight excluding hydrogens is 154 g/mol. The molecule has 1 nitrogen and oxygen atoms in total. The van der Waals surface area contributed by atoms with Crippen molar-refractivity contribution in [3.05, 3.63) is 34.1 Å². The summed E-state index contributed by atoms with van der Waals surface area (Å²) in [6.07, 6.45) is 0. The van der Waals surface area contributed by atoms with Crippen molar-refractivity contribution in [2.24, 2.45) is 4.99 Å². The Kier molecular flexibility index (Phi) is 1.78. The molecule has 1 atom stereocenters. The van der Waals surface area contributed by atoms with Gasteiger partial charge in [-0.05, 0) is 17.9 Å². The second-order valence-electron chi connectivity index (χ2n) is 2.54. The molecule has 11 heavy (non-hydrogen) atoms. The first-order chi connectivity index (χ1) is 5.42. The first kappa shape index (κ1) is 7.04. The molecule has 58 valence electrons. The number of rotatable bonds is 1. The van der Waals surface area contributed by atoms with Gasteiger partial charge in [0.15, 0.2) is 0 Å². The van der Waals surface area contributed by atoms with Crippen LogP contribution in [0.5, 0.6) is 0 Å². The van der Waals surface area contributed by atoms with Gasteiger partial charge < -0.3 is 0 Å². The number of benzene rings is 1. The lowest BCUT2D eigenvalue weighted by Gasteiger charge is -1.94. The first-order valence-electron chi connectivity index (χ1n) is 3.86. The number of fused-ring (bicyclic) bond motifs is 1. The molecule has 1 aromatic rings. The molecule has 0 fully saturated rings. The summed E-state index contributed by atoms with van der Waals surface area (Å²) in [5, 5.41) is 1.22. The van der Waals surface area contributed by atoms with Crippen LogP contribution in [0.15, 0.2) is 29.3 Å². The van der Waals surface area contributed by atoms with Crippen molar-refractivity contribution in [1.82, 2.24) is 0 Å². The zero-order valence-corrected chi connectivity index (χ0v) is 7.40. The summed E-state index contributed by atoms with van der Waals surface area (Å²) in [5.74, 6) is 2.26. The molecule has 0 saturated heterocycles. The van der Waals surface area contributed by atoms with Crippen molar-refractivity contribution >= 4 is 10.5 Å². The van der Waals surface area contributed by atoms with Crippen molar-refractivity contribution in [3.63, 3.8) is 0 Å². The lowest BCUT2D eigenvalue weighted by atomic mass is 10.3. The summed E-state index contributed by atoms with van der Waals surface area (Å²) >= 11 is 0. The highest BCUT2D eigenvalue weighted by atomic mass is 32.2. The highest BCUT2D eigenvalue weighted by molar-refractivity contribution is 8.09. The molecule has 2 rings (SSSR count). The number of hydrogen-bond donors (Lipinski definition) is 0. The van der Waals surface area contributed by atoms with E-state index in [1.165, 1.54) is 15.6 Å². The average molecular weight is 165 g/mol. The van der Waals surface area contributed by atoms with Crippen molar-refractivity contribution in [1.29, 1.82) is 0 Å². The van der Waals surface area contributed by atoms with Crippen molar-refractivity contribution in [2.75, 3.05) is 11.6 Å². The topological polar surface area (TPSA) is 12.4 Å². The molecule has 1 unspecified atom stereocenters. The molecule has 0 radical (unpaired) electrons. The van der Waals surface area contributed by atoms with Crippen molar-refractivity contribution < 1.29 is 0 Å². The SMILES string of the molecule is CCS1=c2ccccc2=NC1. The molecule has 0 spiro atoms. The third-order valence-electron chi connectivity index (χ3n) is 1.92. The second-order valence-corrected chi connectivity index (χ2v) is 4.80. The van der Waals surface area contributed by atoms with Crippen molar-refractivity contribution in [3.8, 4) is 0 Å². The third kappa shape index (κ3) is 1.11. The molecule has 0 amide bonds. The minimum atomic E-state index is 0.424. The maximum Gasteiger partial charge on any atom is 0.0809 e. The quantitative estimate of drug-likeness (QED) is 0.563. The van der Waals surface area contributed by atoms with Crippen LogP contribution in [0.3, 0.4) is 0 Å². The Morgan fingerprint density at radius 1 is 1.45 bits per heavy atom. The Morgan fingerprint density at radius 2 is 2.27 bits per heavy atom. The average Bonchev–Trinajstić information content (AvgIpc) is 2.47. The molecule has 1 aliphatic rings. The number of para-hydroxylation sites is 1. The molecule has 0 aliphatic carbocycles. The molecule has 1 heterocycles. The Bertz CT molecular complexity index is 381. The predicted octanol–water partition coefficient (Wildman–Crippen LogP) is 1.82. The van der Waals surface area contributed by atoms with Gasteiger partial charge in [-0.25, -0.2) is 0 Å². The summed E-state index contributed by atoms with van der Waals surface area (Å²) in [6, 6.07) is 8.48. The standard InChI is InChI=1S/C9H11NS/c1-2-11-7-10-8-5-3-4-6-9(8)11/h3-6H,2,7H2,1H3. The maximum absolute atomic E-state index is 4.46. The van der Waals surface area contributed by atoms with Crippen molar-refractivity contribution in [2.45, 2.75) is 6.92 Å². The van der Waals surface area contributed by atoms with Gasteiger partial charge in [-0.3, -0.25) is 4.99 Å². The highest BCUT2D eigenvalue weighted by Crippen LogP contribution is 2.18. The minimum absolute atomic E-state index is 0.424. The summed E-state index contributed by atoms with van der Waals surface area (Å²) in [6.45, 7) is 2.24. The van der Waals surface area contributed by atoms with E-state index in [9.17, 15) is 0 Å². The van der Waals surface area contributed by atoms with E-state index in [0.29, 0.717) is 10.5 Å². The van der Waals surface area contributed by atoms with Gasteiger partial charge in [0.25, 0.3) is 0 Å². The summed E-state index contributed by atoms with van der Waals surface area (Å²) < 4.78 is 1.47. The fourth-order valence-corrected chi connectivity index (χ4v) is 2.92. The van der Waals surface area contributed by atoms with E-state index >= 15 is 0 Å². The van der Waals surface area contributed by atoms with Crippen LogP contribution in [0.4, 0.5) is 0 Å². The molecule has 0 N–H and O–H groups in total. The maximum atomic E-state index is 4.46. The Labute approximate surface area is 68.7 Å². The largest absolute Gasteiger partial charge is 0.274 e. The third-order valence-corrected chi connectivity index (χ3v) is 4.02. The second kappa shape index (κ2) is 2.78. The first-order valence-corrected chi connectivity index (χ1v) is 5.42. The normalized spacial score (nSPS) is 21.0. The highest BCUT2D eigenvalue weighted by Gasteiger charge is 2.00. The van der Waals surface area contributed by atoms with Gasteiger partial charge in [0.05, 0.1) is 11.2 Å². The van der Waals surface area contributed by atoms with Crippen LogP contribution in [-0.2, 0) is 0 Å². The number of nitrogens with zero attached hydrogens (tertiary/aromatic N) is 1. The Balaban J connectivity index is 2.79. The smallest absolute Gasteiger partial charge is 0.0809 e. The summed E-state index contributed by atoms with van der Waals surface area (Å²) in [4.78, 5) is 4.46. The van der Waals surface area contributed by atoms with Crippen LogP contribution < -0.4 is 5.36 Å². The van der Waals surface area contributed by atoms with E-state index in [4.69, 9.17) is 0 Å². The van der Waals surface area contributed by atoms with Crippen LogP contribution in [-0.4, -0.2) is 11.6 Å². The van der Waals surface area contributed by atoms with E-state index in [-0.39, 0.29) is 0 Å². The van der Waals surface area contributed by atoms with Gasteiger partial charge in [-0.2, -0.15) is 10.5 Å². The van der Waals surface area contributed by atoms with E-state index in [1.54, 1.807) is 0 Å². The number of hydrogen-bond acceptors (Lipinski definition) is 1. The fraction of sp³-hybridized carbons (Fsp3) is 0.333. The minimum Gasteiger partial charge on any atom is -0.274 e. The van der Waals surface area contributed by atoms with Crippen LogP contribution in [0.2, 0.25) is 0 Å². The molecule has 0 aromatic heterocycles. The van der Waals surface area contributed by atoms with Gasteiger partial charge in [0, 0.05) is 4.51 Å². The van der Waals surface area contributed by atoms with E-state index in [1.807, 2.05) is 0 Å². The molecule has 0 bridgehead atoms. The molecule has 2 heteroatoms. The zero-order valence-electron chi connectivity index (χ0n) is 6.58. The van der Waals surface area contributed by atoms with Gasteiger partial charge in [0.1, 0.15) is 0 Å². The van der Waals surface area contributed by atoms with E-state index in [0.717, 1.165) is 5.88 Å². The molecular formula is C9H11NS. The zero-order chi connectivity index (χ0) is 7.68. The van der Waals surface area contributed by atoms with Gasteiger partial charge >= 0.3 is 0 Å². The van der Waals surface area contributed by atoms with Gasteiger partial charge in [-0.15, -0.1) is 0 Å². The predicted molar refractivity (Wildman–Crippen MR) is 49.4 cm³/mol. The fourth-order valence-electron chi connectivity index (χ4n) is 1.30. The van der Waals surface area contributed by atoms with Gasteiger partial charge in [-0.1, -0.05) is 19.1 Å². The lowest BCUT2D eigenvalue weighted by molar-refractivity contribution is 1.25. The molecule has 1 aliphatic heterocycles. The van der Waals surface area contributed by atoms with Crippen LogP contribution in [0.1, 0.15) is 6.92 Å². The molecule has 1 aromatic carbocycles. The summed E-state index contributed by atoms with van der Waals surface area (Å²) in [5.41, 5.74) is 0. The van der Waals surface area contributed by atoms with Gasteiger partial charge in [0.2, 0.25) is 0 Å². The lowest BCUT2D eigenvalue weighted by Crippen LogP contribution is -1.96. The van der Waals surface area contributed by atoms with Crippen LogP contribution in [0.25, 0.3) is 0 Å². The Hall–Kier alpha value is -0.630. The summed E-state index contributed by atoms with van der Waals surface area (Å²) in [7, 11) is 0.424. The monoisotopic (exact) mass is 165 g/mol. The van der Waals surface area contributed by atoms with E-state index < -0.39 is 0 Å². The van der Waals surface area contributed by atoms with Crippen LogP contribution in [0, 0.1) is 4.51 Å². The van der Waals surface area contributed by atoms with Crippen LogP contribution >= 0.6 is 10.5 Å². The Morgan fingerprint density at radius 3 is 3.09 bits per heavy atom.